The first-order valence-electron chi connectivity index (χ1n) is 7.04. The molecule has 0 amide bonds. The Morgan fingerprint density at radius 3 is 2.79 bits per heavy atom. The Kier molecular flexibility index (Phi) is 4.74. The smallest absolute Gasteiger partial charge is 0.0571 e. The molecule has 0 radical (unpaired) electrons. The first kappa shape index (κ1) is 14.7. The van der Waals surface area contributed by atoms with E-state index in [1.807, 2.05) is 13.2 Å². The standard InChI is InChI=1S/C15H25N3S/c1-12(16-4)14-6-5-13(11-17-14)18-8-7-15(2,3)19-10-9-18/h5-6,11-12,16H,7-10H2,1-4H3. The van der Waals surface area contributed by atoms with Gasteiger partial charge in [-0.3, -0.25) is 4.98 Å². The lowest BCUT2D eigenvalue weighted by atomic mass is 10.1. The summed E-state index contributed by atoms with van der Waals surface area (Å²) in [5.74, 6) is 1.20. The minimum absolute atomic E-state index is 0.313. The van der Waals surface area contributed by atoms with Gasteiger partial charge >= 0.3 is 0 Å². The number of hydrogen-bond donors (Lipinski definition) is 1. The largest absolute Gasteiger partial charge is 0.369 e. The van der Waals surface area contributed by atoms with Gasteiger partial charge in [0.1, 0.15) is 0 Å². The predicted octanol–water partition coefficient (Wildman–Crippen LogP) is 3.08. The van der Waals surface area contributed by atoms with Gasteiger partial charge in [-0.05, 0) is 32.5 Å². The van der Waals surface area contributed by atoms with E-state index in [0.29, 0.717) is 10.8 Å². The van der Waals surface area contributed by atoms with Crippen LogP contribution in [-0.4, -0.2) is 35.6 Å². The summed E-state index contributed by atoms with van der Waals surface area (Å²) in [6, 6.07) is 4.66. The first-order valence-corrected chi connectivity index (χ1v) is 8.02. The summed E-state index contributed by atoms with van der Waals surface area (Å²) >= 11 is 2.08. The molecule has 0 aromatic carbocycles. The van der Waals surface area contributed by atoms with Crippen LogP contribution in [0.1, 0.15) is 38.9 Å². The third kappa shape index (κ3) is 3.86. The molecule has 1 aromatic rings. The monoisotopic (exact) mass is 279 g/mol. The highest BCUT2D eigenvalue weighted by Gasteiger charge is 2.23. The third-order valence-corrected chi connectivity index (χ3v) is 5.22. The Balaban J connectivity index is 2.05. The van der Waals surface area contributed by atoms with Crippen LogP contribution < -0.4 is 10.2 Å². The number of thioether (sulfide) groups is 1. The Morgan fingerprint density at radius 2 is 2.16 bits per heavy atom. The topological polar surface area (TPSA) is 28.2 Å². The van der Waals surface area contributed by atoms with Crippen LogP contribution >= 0.6 is 11.8 Å². The van der Waals surface area contributed by atoms with E-state index in [-0.39, 0.29) is 0 Å². The zero-order valence-electron chi connectivity index (χ0n) is 12.4. The summed E-state index contributed by atoms with van der Waals surface area (Å²) in [5.41, 5.74) is 2.36. The Morgan fingerprint density at radius 1 is 1.37 bits per heavy atom. The molecule has 2 heterocycles. The highest BCUT2D eigenvalue weighted by molar-refractivity contribution is 8.00. The molecule has 0 spiro atoms. The third-order valence-electron chi connectivity index (χ3n) is 3.85. The predicted molar refractivity (Wildman–Crippen MR) is 85.1 cm³/mol. The van der Waals surface area contributed by atoms with Gasteiger partial charge in [-0.15, -0.1) is 0 Å². The second-order valence-electron chi connectivity index (χ2n) is 5.80. The molecule has 1 unspecified atom stereocenters. The van der Waals surface area contributed by atoms with E-state index in [1.165, 1.54) is 17.9 Å². The molecule has 1 fully saturated rings. The van der Waals surface area contributed by atoms with E-state index in [1.54, 1.807) is 0 Å². The SMILES string of the molecule is CNC(C)c1ccc(N2CCSC(C)(C)CC2)cn1. The fourth-order valence-electron chi connectivity index (χ4n) is 2.27. The van der Waals surface area contributed by atoms with Crippen molar-refractivity contribution >= 4 is 17.4 Å². The summed E-state index contributed by atoms with van der Waals surface area (Å²) < 4.78 is 0.406. The Hall–Kier alpha value is -0.740. The zero-order chi connectivity index (χ0) is 13.9. The lowest BCUT2D eigenvalue weighted by Crippen LogP contribution is -2.27. The van der Waals surface area contributed by atoms with Crippen molar-refractivity contribution in [2.45, 2.75) is 38.0 Å². The van der Waals surface area contributed by atoms with Crippen molar-refractivity contribution in [1.82, 2.24) is 10.3 Å². The summed E-state index contributed by atoms with van der Waals surface area (Å²) in [6.45, 7) is 9.07. The molecule has 0 bridgehead atoms. The number of anilines is 1. The molecule has 0 saturated carbocycles. The number of nitrogens with one attached hydrogen (secondary N) is 1. The molecule has 106 valence electrons. The summed E-state index contributed by atoms with van der Waals surface area (Å²) in [4.78, 5) is 7.04. The molecule has 1 atom stereocenters. The van der Waals surface area contributed by atoms with Gasteiger partial charge in [0, 0.05) is 29.6 Å². The fraction of sp³-hybridized carbons (Fsp3) is 0.667. The average Bonchev–Trinajstić information content (AvgIpc) is 2.59. The number of hydrogen-bond acceptors (Lipinski definition) is 4. The maximum absolute atomic E-state index is 4.58. The maximum atomic E-state index is 4.58. The van der Waals surface area contributed by atoms with Gasteiger partial charge in [0.2, 0.25) is 0 Å². The van der Waals surface area contributed by atoms with Gasteiger partial charge in [0.25, 0.3) is 0 Å². The highest BCUT2D eigenvalue weighted by atomic mass is 32.2. The average molecular weight is 279 g/mol. The van der Waals surface area contributed by atoms with Gasteiger partial charge in [-0.2, -0.15) is 11.8 Å². The van der Waals surface area contributed by atoms with Crippen LogP contribution in [0.3, 0.4) is 0 Å². The quantitative estimate of drug-likeness (QED) is 0.920. The van der Waals surface area contributed by atoms with Gasteiger partial charge in [0.05, 0.1) is 17.6 Å². The van der Waals surface area contributed by atoms with Crippen molar-refractivity contribution in [3.63, 3.8) is 0 Å². The molecule has 1 aliphatic rings. The van der Waals surface area contributed by atoms with Gasteiger partial charge < -0.3 is 10.2 Å². The van der Waals surface area contributed by atoms with Crippen molar-refractivity contribution < 1.29 is 0 Å². The minimum Gasteiger partial charge on any atom is -0.369 e. The number of nitrogens with zero attached hydrogens (tertiary/aromatic N) is 2. The van der Waals surface area contributed by atoms with Crippen LogP contribution in [0.25, 0.3) is 0 Å². The molecule has 3 nitrogen and oxygen atoms in total. The maximum Gasteiger partial charge on any atom is 0.0571 e. The van der Waals surface area contributed by atoms with E-state index in [9.17, 15) is 0 Å². The fourth-order valence-corrected chi connectivity index (χ4v) is 3.37. The molecular formula is C15H25N3S. The van der Waals surface area contributed by atoms with E-state index < -0.39 is 0 Å². The van der Waals surface area contributed by atoms with Crippen molar-refractivity contribution in [3.8, 4) is 0 Å². The van der Waals surface area contributed by atoms with Crippen molar-refractivity contribution in [1.29, 1.82) is 0 Å². The second-order valence-corrected chi connectivity index (χ2v) is 7.60. The van der Waals surface area contributed by atoms with Crippen LogP contribution in [0.15, 0.2) is 18.3 Å². The number of aromatic nitrogens is 1. The minimum atomic E-state index is 0.313. The Bertz CT molecular complexity index is 402. The van der Waals surface area contributed by atoms with E-state index in [0.717, 1.165) is 18.8 Å². The molecule has 1 saturated heterocycles. The molecule has 2 rings (SSSR count). The van der Waals surface area contributed by atoms with Crippen molar-refractivity contribution in [2.24, 2.45) is 0 Å². The van der Waals surface area contributed by atoms with E-state index >= 15 is 0 Å². The molecule has 1 aliphatic heterocycles. The van der Waals surface area contributed by atoms with Gasteiger partial charge in [0.15, 0.2) is 0 Å². The Labute approximate surface area is 121 Å². The van der Waals surface area contributed by atoms with Crippen LogP contribution in [-0.2, 0) is 0 Å². The summed E-state index contributed by atoms with van der Waals surface area (Å²) in [7, 11) is 1.97. The van der Waals surface area contributed by atoms with Crippen LogP contribution in [0, 0.1) is 0 Å². The van der Waals surface area contributed by atoms with Gasteiger partial charge in [-0.1, -0.05) is 13.8 Å². The van der Waals surface area contributed by atoms with Gasteiger partial charge in [-0.25, -0.2) is 0 Å². The molecular weight excluding hydrogens is 254 g/mol. The van der Waals surface area contributed by atoms with Crippen LogP contribution in [0.5, 0.6) is 0 Å². The molecule has 0 aliphatic carbocycles. The zero-order valence-corrected chi connectivity index (χ0v) is 13.3. The summed E-state index contributed by atoms with van der Waals surface area (Å²) in [6.07, 6.45) is 3.25. The molecule has 1 aromatic heterocycles. The normalized spacial score (nSPS) is 20.9. The first-order chi connectivity index (χ1) is 9.02. The second kappa shape index (κ2) is 6.14. The van der Waals surface area contributed by atoms with E-state index in [2.05, 4.69) is 59.9 Å². The molecule has 4 heteroatoms. The number of pyridine rings is 1. The molecule has 19 heavy (non-hydrogen) atoms. The molecule has 1 N–H and O–H groups in total. The van der Waals surface area contributed by atoms with Crippen molar-refractivity contribution in [3.05, 3.63) is 24.0 Å². The van der Waals surface area contributed by atoms with E-state index in [4.69, 9.17) is 0 Å². The van der Waals surface area contributed by atoms with Crippen LogP contribution in [0.2, 0.25) is 0 Å². The van der Waals surface area contributed by atoms with Crippen LogP contribution in [0.4, 0.5) is 5.69 Å². The highest BCUT2D eigenvalue weighted by Crippen LogP contribution is 2.32. The lowest BCUT2D eigenvalue weighted by Gasteiger charge is -2.24. The number of rotatable bonds is 3. The lowest BCUT2D eigenvalue weighted by molar-refractivity contribution is 0.628. The summed E-state index contributed by atoms with van der Waals surface area (Å²) in [5, 5.41) is 3.22. The van der Waals surface area contributed by atoms with Crippen molar-refractivity contribution in [2.75, 3.05) is 30.8 Å².